The molecule has 0 saturated carbocycles. The Bertz CT molecular complexity index is 590. The van der Waals surface area contributed by atoms with E-state index in [9.17, 15) is 0 Å². The second kappa shape index (κ2) is 6.41. The third-order valence-corrected chi connectivity index (χ3v) is 4.25. The monoisotopic (exact) mass is 284 g/mol. The molecule has 1 N–H and O–H groups in total. The van der Waals surface area contributed by atoms with Crippen molar-refractivity contribution in [3.8, 4) is 0 Å². The summed E-state index contributed by atoms with van der Waals surface area (Å²) in [6.07, 6.45) is 5.10. The molecule has 1 aliphatic heterocycles. The van der Waals surface area contributed by atoms with E-state index >= 15 is 0 Å². The molecule has 0 amide bonds. The van der Waals surface area contributed by atoms with Crippen LogP contribution in [-0.4, -0.2) is 28.0 Å². The van der Waals surface area contributed by atoms with E-state index in [0.717, 1.165) is 32.6 Å². The maximum absolute atomic E-state index is 4.45. The molecule has 4 heteroatoms. The lowest BCUT2D eigenvalue weighted by Crippen LogP contribution is -2.20. The highest BCUT2D eigenvalue weighted by molar-refractivity contribution is 5.23. The number of benzene rings is 1. The summed E-state index contributed by atoms with van der Waals surface area (Å²) in [5.74, 6) is 1.18. The molecule has 1 unspecified atom stereocenters. The summed E-state index contributed by atoms with van der Waals surface area (Å²) in [4.78, 5) is 6.77. The summed E-state index contributed by atoms with van der Waals surface area (Å²) in [6.45, 7) is 6.26. The van der Waals surface area contributed by atoms with Gasteiger partial charge in [0.2, 0.25) is 0 Å². The van der Waals surface area contributed by atoms with Crippen LogP contribution in [0.25, 0.3) is 0 Å². The van der Waals surface area contributed by atoms with Gasteiger partial charge in [0, 0.05) is 32.0 Å². The van der Waals surface area contributed by atoms with Crippen molar-refractivity contribution >= 4 is 0 Å². The van der Waals surface area contributed by atoms with Crippen LogP contribution in [0.1, 0.15) is 36.3 Å². The Hall–Kier alpha value is -1.65. The van der Waals surface area contributed by atoms with Crippen LogP contribution < -0.4 is 5.32 Å². The van der Waals surface area contributed by atoms with Gasteiger partial charge in [0.05, 0.1) is 6.04 Å². The number of aryl methyl sites for hydroxylation is 1. The van der Waals surface area contributed by atoms with Crippen molar-refractivity contribution in [1.82, 2.24) is 19.8 Å². The number of imidazole rings is 1. The van der Waals surface area contributed by atoms with Crippen molar-refractivity contribution in [2.75, 3.05) is 13.6 Å². The first-order valence-electron chi connectivity index (χ1n) is 7.77. The van der Waals surface area contributed by atoms with Gasteiger partial charge in [-0.25, -0.2) is 4.98 Å². The molecule has 0 aliphatic carbocycles. The number of nitrogens with one attached hydrogen (secondary N) is 1. The van der Waals surface area contributed by atoms with E-state index in [2.05, 4.69) is 64.2 Å². The fourth-order valence-corrected chi connectivity index (χ4v) is 2.91. The van der Waals surface area contributed by atoms with Crippen LogP contribution in [-0.2, 0) is 19.6 Å². The summed E-state index contributed by atoms with van der Waals surface area (Å²) in [5.41, 5.74) is 2.73. The van der Waals surface area contributed by atoms with Gasteiger partial charge >= 0.3 is 0 Å². The Morgan fingerprint density at radius 2 is 2.24 bits per heavy atom. The first-order valence-corrected chi connectivity index (χ1v) is 7.77. The summed E-state index contributed by atoms with van der Waals surface area (Å²) >= 11 is 0. The van der Waals surface area contributed by atoms with E-state index in [1.54, 1.807) is 0 Å². The van der Waals surface area contributed by atoms with E-state index in [4.69, 9.17) is 0 Å². The number of rotatable bonds is 6. The van der Waals surface area contributed by atoms with Gasteiger partial charge in [-0.05, 0) is 31.1 Å². The van der Waals surface area contributed by atoms with Crippen molar-refractivity contribution in [2.24, 2.45) is 0 Å². The van der Waals surface area contributed by atoms with E-state index in [-0.39, 0.29) is 0 Å². The molecule has 0 radical (unpaired) electrons. The van der Waals surface area contributed by atoms with E-state index in [1.165, 1.54) is 17.0 Å². The van der Waals surface area contributed by atoms with Crippen LogP contribution in [0.3, 0.4) is 0 Å². The van der Waals surface area contributed by atoms with E-state index < -0.39 is 0 Å². The van der Waals surface area contributed by atoms with Crippen molar-refractivity contribution in [2.45, 2.75) is 39.0 Å². The molecule has 1 aromatic carbocycles. The zero-order valence-electron chi connectivity index (χ0n) is 12.9. The second-order valence-corrected chi connectivity index (χ2v) is 5.85. The van der Waals surface area contributed by atoms with Crippen LogP contribution in [0.4, 0.5) is 0 Å². The molecule has 0 fully saturated rings. The molecule has 112 valence electrons. The molecule has 1 aromatic heterocycles. The highest BCUT2D eigenvalue weighted by Gasteiger charge is 2.22. The maximum Gasteiger partial charge on any atom is 0.125 e. The van der Waals surface area contributed by atoms with Crippen LogP contribution in [0.2, 0.25) is 0 Å². The minimum atomic E-state index is 0.391. The summed E-state index contributed by atoms with van der Waals surface area (Å²) < 4.78 is 2.24. The largest absolute Gasteiger partial charge is 0.334 e. The fraction of sp³-hybridized carbons (Fsp3) is 0.471. The van der Waals surface area contributed by atoms with Gasteiger partial charge in [0.25, 0.3) is 0 Å². The number of nitrogens with zero attached hydrogens (tertiary/aromatic N) is 3. The van der Waals surface area contributed by atoms with Gasteiger partial charge in [-0.1, -0.05) is 31.2 Å². The quantitative estimate of drug-likeness (QED) is 0.885. The molecule has 3 rings (SSSR count). The Morgan fingerprint density at radius 3 is 3.10 bits per heavy atom. The SMILES string of the molecule is CCN(C)Cc1cccc(CNC2CCn3ccnc32)c1. The van der Waals surface area contributed by atoms with Gasteiger partial charge in [-0.3, -0.25) is 0 Å². The van der Waals surface area contributed by atoms with E-state index in [0.29, 0.717) is 6.04 Å². The normalized spacial score (nSPS) is 17.4. The maximum atomic E-state index is 4.45. The summed E-state index contributed by atoms with van der Waals surface area (Å²) in [5, 5.41) is 3.64. The Kier molecular flexibility index (Phi) is 4.36. The van der Waals surface area contributed by atoms with Crippen molar-refractivity contribution in [1.29, 1.82) is 0 Å². The molecule has 2 heterocycles. The van der Waals surface area contributed by atoms with Crippen molar-refractivity contribution in [3.05, 3.63) is 53.6 Å². The van der Waals surface area contributed by atoms with Gasteiger partial charge in [0.1, 0.15) is 5.82 Å². The lowest BCUT2D eigenvalue weighted by Gasteiger charge is -2.15. The number of aromatic nitrogens is 2. The Balaban J connectivity index is 1.60. The van der Waals surface area contributed by atoms with Crippen LogP contribution in [0, 0.1) is 0 Å². The van der Waals surface area contributed by atoms with Crippen LogP contribution in [0.15, 0.2) is 36.7 Å². The third-order valence-electron chi connectivity index (χ3n) is 4.25. The predicted molar refractivity (Wildman–Crippen MR) is 84.9 cm³/mol. The molecular formula is C17H24N4. The molecule has 0 saturated heterocycles. The Morgan fingerprint density at radius 1 is 1.38 bits per heavy atom. The second-order valence-electron chi connectivity index (χ2n) is 5.85. The Labute approximate surface area is 126 Å². The zero-order chi connectivity index (χ0) is 14.7. The first-order chi connectivity index (χ1) is 10.3. The first kappa shape index (κ1) is 14.3. The summed E-state index contributed by atoms with van der Waals surface area (Å²) in [6, 6.07) is 9.26. The smallest absolute Gasteiger partial charge is 0.125 e. The standard InChI is InChI=1S/C17H24N4/c1-3-20(2)13-15-6-4-5-14(11-15)12-19-16-7-9-21-10-8-18-17(16)21/h4-6,8,10-11,16,19H,3,7,9,12-13H2,1-2H3. The van der Waals surface area contributed by atoms with Gasteiger partial charge in [-0.2, -0.15) is 0 Å². The van der Waals surface area contributed by atoms with Crippen LogP contribution in [0.5, 0.6) is 0 Å². The molecule has 0 bridgehead atoms. The van der Waals surface area contributed by atoms with E-state index in [1.807, 2.05) is 6.20 Å². The number of hydrogen-bond donors (Lipinski definition) is 1. The van der Waals surface area contributed by atoms with Crippen LogP contribution >= 0.6 is 0 Å². The molecule has 1 aliphatic rings. The minimum Gasteiger partial charge on any atom is -0.334 e. The molecule has 0 spiro atoms. The third kappa shape index (κ3) is 3.34. The lowest BCUT2D eigenvalue weighted by atomic mass is 10.1. The number of fused-ring (bicyclic) bond motifs is 1. The molecule has 2 aromatic rings. The molecule has 1 atom stereocenters. The minimum absolute atomic E-state index is 0.391. The van der Waals surface area contributed by atoms with Gasteiger partial charge < -0.3 is 14.8 Å². The fourth-order valence-electron chi connectivity index (χ4n) is 2.91. The predicted octanol–water partition coefficient (Wildman–Crippen LogP) is 2.57. The van der Waals surface area contributed by atoms with Gasteiger partial charge in [0.15, 0.2) is 0 Å². The highest BCUT2D eigenvalue weighted by Crippen LogP contribution is 2.23. The summed E-state index contributed by atoms with van der Waals surface area (Å²) in [7, 11) is 2.16. The lowest BCUT2D eigenvalue weighted by molar-refractivity contribution is 0.345. The number of hydrogen-bond acceptors (Lipinski definition) is 3. The highest BCUT2D eigenvalue weighted by atomic mass is 15.1. The topological polar surface area (TPSA) is 33.1 Å². The van der Waals surface area contributed by atoms with Gasteiger partial charge in [-0.15, -0.1) is 0 Å². The molecular weight excluding hydrogens is 260 g/mol. The molecule has 4 nitrogen and oxygen atoms in total. The average Bonchev–Trinajstić information content (AvgIpc) is 3.09. The van der Waals surface area contributed by atoms with Crippen molar-refractivity contribution < 1.29 is 0 Å². The zero-order valence-corrected chi connectivity index (χ0v) is 12.9. The average molecular weight is 284 g/mol. The molecule has 21 heavy (non-hydrogen) atoms. The van der Waals surface area contributed by atoms with Crippen molar-refractivity contribution in [3.63, 3.8) is 0 Å².